The average molecular weight is 303 g/mol. The summed E-state index contributed by atoms with van der Waals surface area (Å²) < 4.78 is 0. The van der Waals surface area contributed by atoms with Crippen LogP contribution in [0.15, 0.2) is 16.2 Å². The third-order valence-electron chi connectivity index (χ3n) is 3.88. The Bertz CT molecular complexity index is 702. The summed E-state index contributed by atoms with van der Waals surface area (Å²) in [5, 5.41) is 2.19. The van der Waals surface area contributed by atoms with Gasteiger partial charge >= 0.3 is 0 Å². The van der Waals surface area contributed by atoms with E-state index in [1.165, 1.54) is 10.4 Å². The molecule has 0 aliphatic carbocycles. The van der Waals surface area contributed by atoms with E-state index in [2.05, 4.69) is 47.1 Å². The maximum absolute atomic E-state index is 12.1. The molecule has 21 heavy (non-hydrogen) atoms. The number of rotatable bonds is 3. The Hall–Kier alpha value is -1.46. The van der Waals surface area contributed by atoms with Crippen LogP contribution in [0.3, 0.4) is 0 Å². The van der Waals surface area contributed by atoms with Crippen molar-refractivity contribution in [1.82, 2.24) is 14.9 Å². The van der Waals surface area contributed by atoms with Gasteiger partial charge in [0, 0.05) is 36.0 Å². The number of aromatic amines is 1. The van der Waals surface area contributed by atoms with Gasteiger partial charge in [-0.1, -0.05) is 13.8 Å². The van der Waals surface area contributed by atoms with Crippen molar-refractivity contribution in [1.29, 1.82) is 0 Å². The van der Waals surface area contributed by atoms with E-state index in [0.717, 1.165) is 43.1 Å². The molecule has 3 heterocycles. The molecule has 2 aromatic heterocycles. The molecule has 0 unspecified atom stereocenters. The minimum absolute atomic E-state index is 0.0512. The van der Waals surface area contributed by atoms with Crippen molar-refractivity contribution in [3.05, 3.63) is 49.3 Å². The summed E-state index contributed by atoms with van der Waals surface area (Å²) in [4.78, 5) is 23.5. The predicted molar refractivity (Wildman–Crippen MR) is 85.8 cm³/mol. The minimum Gasteiger partial charge on any atom is -0.310 e. The minimum atomic E-state index is 0.0512. The molecule has 4 nitrogen and oxygen atoms in total. The van der Waals surface area contributed by atoms with Crippen molar-refractivity contribution in [3.63, 3.8) is 0 Å². The van der Waals surface area contributed by atoms with Crippen LogP contribution in [-0.4, -0.2) is 21.4 Å². The molecular formula is C16H21N3OS. The Labute approximate surface area is 128 Å². The fraction of sp³-hybridized carbons (Fsp3) is 0.500. The average Bonchev–Trinajstić information content (AvgIpc) is 2.83. The maximum Gasteiger partial charge on any atom is 0.254 e. The molecule has 0 saturated heterocycles. The highest BCUT2D eigenvalue weighted by atomic mass is 32.1. The molecule has 0 spiro atoms. The summed E-state index contributed by atoms with van der Waals surface area (Å²) in [6.07, 6.45) is 0.792. The molecule has 2 aromatic rings. The van der Waals surface area contributed by atoms with Gasteiger partial charge in [-0.05, 0) is 30.4 Å². The number of hydrogen-bond donors (Lipinski definition) is 1. The topological polar surface area (TPSA) is 49.0 Å². The Morgan fingerprint density at radius 3 is 2.95 bits per heavy atom. The summed E-state index contributed by atoms with van der Waals surface area (Å²) in [6, 6.07) is 2.24. The second-order valence-electron chi connectivity index (χ2n) is 6.08. The molecule has 0 radical (unpaired) electrons. The molecule has 5 heteroatoms. The fourth-order valence-electron chi connectivity index (χ4n) is 2.72. The molecule has 1 aliphatic rings. The maximum atomic E-state index is 12.1. The van der Waals surface area contributed by atoms with Crippen molar-refractivity contribution in [2.75, 3.05) is 6.54 Å². The fourth-order valence-corrected chi connectivity index (χ4v) is 3.63. The molecular weight excluding hydrogens is 282 g/mol. The van der Waals surface area contributed by atoms with Gasteiger partial charge in [0.1, 0.15) is 5.82 Å². The number of thiophene rings is 1. The van der Waals surface area contributed by atoms with Gasteiger partial charge in [-0.15, -0.1) is 11.3 Å². The van der Waals surface area contributed by atoms with Gasteiger partial charge in [0.2, 0.25) is 0 Å². The third kappa shape index (κ3) is 3.09. The number of hydrogen-bond acceptors (Lipinski definition) is 4. The van der Waals surface area contributed by atoms with Crippen LogP contribution in [0.2, 0.25) is 0 Å². The van der Waals surface area contributed by atoms with Crippen LogP contribution in [0.5, 0.6) is 0 Å². The highest BCUT2D eigenvalue weighted by Gasteiger charge is 2.21. The Kier molecular flexibility index (Phi) is 3.95. The lowest BCUT2D eigenvalue weighted by Gasteiger charge is -2.27. The molecule has 0 saturated carbocycles. The van der Waals surface area contributed by atoms with Gasteiger partial charge in [0.25, 0.3) is 5.56 Å². The normalized spacial score (nSPS) is 15.4. The van der Waals surface area contributed by atoms with Crippen LogP contribution in [0, 0.1) is 6.92 Å². The smallest absolute Gasteiger partial charge is 0.254 e. The van der Waals surface area contributed by atoms with E-state index < -0.39 is 0 Å². The zero-order valence-electron chi connectivity index (χ0n) is 12.8. The van der Waals surface area contributed by atoms with Crippen molar-refractivity contribution in [2.45, 2.75) is 46.2 Å². The van der Waals surface area contributed by atoms with E-state index in [-0.39, 0.29) is 11.5 Å². The lowest BCUT2D eigenvalue weighted by atomic mass is 10.1. The predicted octanol–water partition coefficient (Wildman–Crippen LogP) is 2.82. The molecule has 112 valence electrons. The molecule has 1 N–H and O–H groups in total. The lowest BCUT2D eigenvalue weighted by Crippen LogP contribution is -2.35. The SMILES string of the molecule is Cc1csc(CN2CCc3c(nc(C(C)C)[nH]c3=O)C2)c1. The Morgan fingerprint density at radius 2 is 2.29 bits per heavy atom. The van der Waals surface area contributed by atoms with E-state index in [1.807, 2.05) is 0 Å². The zero-order chi connectivity index (χ0) is 15.0. The molecule has 0 atom stereocenters. The highest BCUT2D eigenvalue weighted by molar-refractivity contribution is 7.10. The van der Waals surface area contributed by atoms with Gasteiger partial charge in [-0.3, -0.25) is 9.69 Å². The first-order valence-electron chi connectivity index (χ1n) is 7.41. The number of H-pyrrole nitrogens is 1. The highest BCUT2D eigenvalue weighted by Crippen LogP contribution is 2.21. The number of fused-ring (bicyclic) bond motifs is 1. The van der Waals surface area contributed by atoms with E-state index in [1.54, 1.807) is 11.3 Å². The number of nitrogens with one attached hydrogen (secondary N) is 1. The summed E-state index contributed by atoms with van der Waals surface area (Å²) in [5.41, 5.74) is 3.21. The Morgan fingerprint density at radius 1 is 1.48 bits per heavy atom. The third-order valence-corrected chi connectivity index (χ3v) is 4.92. The monoisotopic (exact) mass is 303 g/mol. The standard InChI is InChI=1S/C16H21N3OS/c1-10(2)15-17-14-8-19(5-4-13(14)16(20)18-15)7-12-6-11(3)9-21-12/h6,9-10H,4-5,7-8H2,1-3H3,(H,17,18,20). The van der Waals surface area contributed by atoms with E-state index >= 15 is 0 Å². The van der Waals surface area contributed by atoms with Crippen LogP contribution in [-0.2, 0) is 19.5 Å². The van der Waals surface area contributed by atoms with Gasteiger partial charge in [-0.25, -0.2) is 4.98 Å². The second kappa shape index (κ2) is 5.73. The van der Waals surface area contributed by atoms with Gasteiger partial charge in [-0.2, -0.15) is 0 Å². The van der Waals surface area contributed by atoms with Gasteiger partial charge < -0.3 is 4.98 Å². The van der Waals surface area contributed by atoms with Crippen LogP contribution in [0.1, 0.15) is 47.3 Å². The summed E-state index contributed by atoms with van der Waals surface area (Å²) in [7, 11) is 0. The van der Waals surface area contributed by atoms with Gasteiger partial charge in [0.15, 0.2) is 0 Å². The first-order chi connectivity index (χ1) is 10.0. The number of aromatic nitrogens is 2. The summed E-state index contributed by atoms with van der Waals surface area (Å²) in [5.74, 6) is 1.05. The van der Waals surface area contributed by atoms with Crippen molar-refractivity contribution in [3.8, 4) is 0 Å². The summed E-state index contributed by atoms with van der Waals surface area (Å²) in [6.45, 7) is 8.88. The molecule has 0 bridgehead atoms. The number of aryl methyl sites for hydroxylation is 1. The molecule has 0 fully saturated rings. The molecule has 3 rings (SSSR count). The quantitative estimate of drug-likeness (QED) is 0.948. The van der Waals surface area contributed by atoms with Crippen LogP contribution >= 0.6 is 11.3 Å². The van der Waals surface area contributed by atoms with Crippen molar-refractivity contribution < 1.29 is 0 Å². The van der Waals surface area contributed by atoms with Crippen LogP contribution in [0.4, 0.5) is 0 Å². The van der Waals surface area contributed by atoms with Crippen LogP contribution < -0.4 is 5.56 Å². The van der Waals surface area contributed by atoms with E-state index in [0.29, 0.717) is 0 Å². The van der Waals surface area contributed by atoms with Crippen LogP contribution in [0.25, 0.3) is 0 Å². The molecule has 0 aromatic carbocycles. The first-order valence-corrected chi connectivity index (χ1v) is 8.29. The van der Waals surface area contributed by atoms with Crippen molar-refractivity contribution in [2.24, 2.45) is 0 Å². The Balaban J connectivity index is 1.82. The lowest BCUT2D eigenvalue weighted by molar-refractivity contribution is 0.242. The van der Waals surface area contributed by atoms with E-state index in [4.69, 9.17) is 0 Å². The van der Waals surface area contributed by atoms with E-state index in [9.17, 15) is 4.79 Å². The zero-order valence-corrected chi connectivity index (χ0v) is 13.6. The molecule has 0 amide bonds. The number of nitrogens with zero attached hydrogens (tertiary/aromatic N) is 2. The first kappa shape index (κ1) is 14.5. The second-order valence-corrected chi connectivity index (χ2v) is 7.08. The summed E-state index contributed by atoms with van der Waals surface area (Å²) >= 11 is 1.81. The van der Waals surface area contributed by atoms with Crippen molar-refractivity contribution >= 4 is 11.3 Å². The van der Waals surface area contributed by atoms with Gasteiger partial charge in [0.05, 0.1) is 5.69 Å². The molecule has 1 aliphatic heterocycles. The largest absolute Gasteiger partial charge is 0.310 e.